The fourth-order valence-corrected chi connectivity index (χ4v) is 2.95. The van der Waals surface area contributed by atoms with E-state index in [1.54, 1.807) is 0 Å². The summed E-state index contributed by atoms with van der Waals surface area (Å²) in [5.41, 5.74) is 10.1. The number of nitrogens with zero attached hydrogens (tertiary/aromatic N) is 1. The molecule has 0 spiro atoms. The third-order valence-electron chi connectivity index (χ3n) is 4.31. The molecule has 2 heteroatoms. The van der Waals surface area contributed by atoms with Crippen molar-refractivity contribution in [2.45, 2.75) is 39.2 Å². The van der Waals surface area contributed by atoms with Gasteiger partial charge in [0.1, 0.15) is 0 Å². The van der Waals surface area contributed by atoms with Gasteiger partial charge in [0.25, 0.3) is 0 Å². The van der Waals surface area contributed by atoms with Crippen LogP contribution in [0, 0.1) is 19.8 Å². The van der Waals surface area contributed by atoms with E-state index in [0.29, 0.717) is 12.6 Å². The van der Waals surface area contributed by atoms with Crippen molar-refractivity contribution >= 4 is 0 Å². The van der Waals surface area contributed by atoms with Gasteiger partial charge >= 0.3 is 0 Å². The van der Waals surface area contributed by atoms with E-state index in [-0.39, 0.29) is 0 Å². The molecule has 1 aliphatic rings. The number of likely N-dealkylation sites (N-methyl/N-ethyl adjacent to an activating group) is 1. The number of hydrogen-bond donors (Lipinski definition) is 1. The van der Waals surface area contributed by atoms with Gasteiger partial charge in [-0.2, -0.15) is 0 Å². The predicted molar refractivity (Wildman–Crippen MR) is 77.7 cm³/mol. The van der Waals surface area contributed by atoms with E-state index in [9.17, 15) is 0 Å². The van der Waals surface area contributed by atoms with E-state index in [2.05, 4.69) is 44.0 Å². The summed E-state index contributed by atoms with van der Waals surface area (Å²) in [5.74, 6) is 0.898. The molecule has 100 valence electrons. The zero-order valence-corrected chi connectivity index (χ0v) is 11.9. The second kappa shape index (κ2) is 5.85. The Kier molecular flexibility index (Phi) is 4.41. The summed E-state index contributed by atoms with van der Waals surface area (Å²) in [5, 5.41) is 0. The SMILES string of the molecule is Cc1ccc(C(CN)N(C)CC2CCC2)c(C)c1. The highest BCUT2D eigenvalue weighted by atomic mass is 15.1. The predicted octanol–water partition coefficient (Wildman–Crippen LogP) is 3.04. The Morgan fingerprint density at radius 1 is 1.33 bits per heavy atom. The molecule has 0 saturated heterocycles. The monoisotopic (exact) mass is 246 g/mol. The van der Waals surface area contributed by atoms with Crippen molar-refractivity contribution in [3.63, 3.8) is 0 Å². The van der Waals surface area contributed by atoms with Crippen LogP contribution in [0.1, 0.15) is 42.0 Å². The minimum absolute atomic E-state index is 0.367. The summed E-state index contributed by atoms with van der Waals surface area (Å²) in [6.07, 6.45) is 4.21. The molecule has 2 rings (SSSR count). The highest BCUT2D eigenvalue weighted by Gasteiger charge is 2.24. The Balaban J connectivity index is 2.10. The smallest absolute Gasteiger partial charge is 0.0470 e. The highest BCUT2D eigenvalue weighted by Crippen LogP contribution is 2.30. The third-order valence-corrected chi connectivity index (χ3v) is 4.31. The zero-order chi connectivity index (χ0) is 13.1. The van der Waals surface area contributed by atoms with Crippen LogP contribution in [0.4, 0.5) is 0 Å². The Morgan fingerprint density at radius 3 is 2.56 bits per heavy atom. The molecule has 1 aromatic carbocycles. The number of benzene rings is 1. The van der Waals surface area contributed by atoms with Crippen molar-refractivity contribution in [1.29, 1.82) is 0 Å². The summed E-state index contributed by atoms with van der Waals surface area (Å²) in [7, 11) is 2.22. The molecule has 1 saturated carbocycles. The lowest BCUT2D eigenvalue weighted by Gasteiger charge is -2.35. The second-order valence-electron chi connectivity index (χ2n) is 5.85. The van der Waals surface area contributed by atoms with Gasteiger partial charge in [0.05, 0.1) is 0 Å². The standard InChI is InChI=1S/C16H26N2/c1-12-7-8-15(13(2)9-12)16(10-17)18(3)11-14-5-4-6-14/h7-9,14,16H,4-6,10-11,17H2,1-3H3. The maximum Gasteiger partial charge on any atom is 0.0470 e. The van der Waals surface area contributed by atoms with Crippen LogP contribution >= 0.6 is 0 Å². The van der Waals surface area contributed by atoms with Gasteiger partial charge in [0.2, 0.25) is 0 Å². The van der Waals surface area contributed by atoms with Gasteiger partial charge in [-0.15, -0.1) is 0 Å². The van der Waals surface area contributed by atoms with Crippen molar-refractivity contribution < 1.29 is 0 Å². The normalized spacial score (nSPS) is 17.8. The molecule has 18 heavy (non-hydrogen) atoms. The highest BCUT2D eigenvalue weighted by molar-refractivity contribution is 5.33. The molecule has 1 fully saturated rings. The molecule has 2 N–H and O–H groups in total. The first-order valence-corrected chi connectivity index (χ1v) is 7.09. The Hall–Kier alpha value is -0.860. The average molecular weight is 246 g/mol. The van der Waals surface area contributed by atoms with Gasteiger partial charge < -0.3 is 5.73 Å². The lowest BCUT2D eigenvalue weighted by molar-refractivity contribution is 0.164. The molecular formula is C16H26N2. The number of rotatable bonds is 5. The quantitative estimate of drug-likeness (QED) is 0.865. The molecule has 1 aromatic rings. The van der Waals surface area contributed by atoms with Gasteiger partial charge in [0.15, 0.2) is 0 Å². The first-order valence-electron chi connectivity index (χ1n) is 7.09. The molecule has 0 bridgehead atoms. The van der Waals surface area contributed by atoms with E-state index < -0.39 is 0 Å². The summed E-state index contributed by atoms with van der Waals surface area (Å²) in [6.45, 7) is 6.23. The van der Waals surface area contributed by atoms with Crippen molar-refractivity contribution in [2.24, 2.45) is 11.7 Å². The van der Waals surface area contributed by atoms with Crippen LogP contribution in [-0.4, -0.2) is 25.0 Å². The lowest BCUT2D eigenvalue weighted by Crippen LogP contribution is -2.36. The molecule has 2 nitrogen and oxygen atoms in total. The number of nitrogens with two attached hydrogens (primary N) is 1. The van der Waals surface area contributed by atoms with Crippen LogP contribution in [0.5, 0.6) is 0 Å². The van der Waals surface area contributed by atoms with Gasteiger partial charge in [0, 0.05) is 19.1 Å². The number of hydrogen-bond acceptors (Lipinski definition) is 2. The number of aryl methyl sites for hydroxylation is 2. The summed E-state index contributed by atoms with van der Waals surface area (Å²) >= 11 is 0. The fourth-order valence-electron chi connectivity index (χ4n) is 2.95. The molecule has 0 aromatic heterocycles. The van der Waals surface area contributed by atoms with Crippen LogP contribution < -0.4 is 5.73 Å². The minimum atomic E-state index is 0.367. The summed E-state index contributed by atoms with van der Waals surface area (Å²) < 4.78 is 0. The third kappa shape index (κ3) is 2.93. The van der Waals surface area contributed by atoms with E-state index in [0.717, 1.165) is 5.92 Å². The van der Waals surface area contributed by atoms with Gasteiger partial charge in [-0.25, -0.2) is 0 Å². The maximum atomic E-state index is 6.01. The summed E-state index contributed by atoms with van der Waals surface area (Å²) in [6, 6.07) is 7.07. The van der Waals surface area contributed by atoms with Crippen LogP contribution in [-0.2, 0) is 0 Å². The first-order chi connectivity index (χ1) is 8.61. The van der Waals surface area contributed by atoms with Crippen LogP contribution in [0.25, 0.3) is 0 Å². The van der Waals surface area contributed by atoms with Gasteiger partial charge in [-0.05, 0) is 50.8 Å². The van der Waals surface area contributed by atoms with Crippen LogP contribution in [0.15, 0.2) is 18.2 Å². The van der Waals surface area contributed by atoms with E-state index in [1.165, 1.54) is 42.5 Å². The summed E-state index contributed by atoms with van der Waals surface area (Å²) in [4.78, 5) is 2.45. The van der Waals surface area contributed by atoms with Crippen molar-refractivity contribution in [3.8, 4) is 0 Å². The molecule has 0 aliphatic heterocycles. The van der Waals surface area contributed by atoms with Crippen molar-refractivity contribution in [2.75, 3.05) is 20.1 Å². The maximum absolute atomic E-state index is 6.01. The average Bonchev–Trinajstić information content (AvgIpc) is 2.27. The molecule has 1 unspecified atom stereocenters. The minimum Gasteiger partial charge on any atom is -0.329 e. The van der Waals surface area contributed by atoms with Crippen LogP contribution in [0.2, 0.25) is 0 Å². The van der Waals surface area contributed by atoms with Crippen molar-refractivity contribution in [3.05, 3.63) is 34.9 Å². The van der Waals surface area contributed by atoms with Gasteiger partial charge in [-0.1, -0.05) is 30.2 Å². The van der Waals surface area contributed by atoms with Crippen LogP contribution in [0.3, 0.4) is 0 Å². The zero-order valence-electron chi connectivity index (χ0n) is 11.9. The molecule has 0 radical (unpaired) electrons. The Morgan fingerprint density at radius 2 is 2.06 bits per heavy atom. The fraction of sp³-hybridized carbons (Fsp3) is 0.625. The second-order valence-corrected chi connectivity index (χ2v) is 5.85. The molecule has 1 atom stereocenters. The lowest BCUT2D eigenvalue weighted by atomic mass is 9.84. The largest absolute Gasteiger partial charge is 0.329 e. The van der Waals surface area contributed by atoms with E-state index in [1.807, 2.05) is 0 Å². The Labute approximate surface area is 111 Å². The molecule has 0 amide bonds. The first kappa shape index (κ1) is 13.6. The molecule has 0 heterocycles. The van der Waals surface area contributed by atoms with Crippen molar-refractivity contribution in [1.82, 2.24) is 4.90 Å². The van der Waals surface area contributed by atoms with E-state index >= 15 is 0 Å². The molecule has 1 aliphatic carbocycles. The van der Waals surface area contributed by atoms with Gasteiger partial charge in [-0.3, -0.25) is 4.90 Å². The Bertz CT molecular complexity index is 396. The topological polar surface area (TPSA) is 29.3 Å². The molecular weight excluding hydrogens is 220 g/mol. The van der Waals surface area contributed by atoms with E-state index in [4.69, 9.17) is 5.73 Å².